The molecule has 1 atom stereocenters. The van der Waals surface area contributed by atoms with Crippen LogP contribution in [0, 0.1) is 17.1 Å². The maximum atomic E-state index is 13.4. The average Bonchev–Trinajstić information content (AvgIpc) is 2.30. The van der Waals surface area contributed by atoms with Crippen LogP contribution in [-0.4, -0.2) is 17.8 Å². The lowest BCUT2D eigenvalue weighted by molar-refractivity contribution is 0.164. The quantitative estimate of drug-likeness (QED) is 0.803. The topological polar surface area (TPSA) is 56.0 Å². The third-order valence-electron chi connectivity index (χ3n) is 2.36. The summed E-state index contributed by atoms with van der Waals surface area (Å²) in [6.07, 6.45) is 0.918. The summed E-state index contributed by atoms with van der Waals surface area (Å²) in [5.41, 5.74) is 0.666. The minimum atomic E-state index is -0.440. The second kappa shape index (κ2) is 6.09. The lowest BCUT2D eigenvalue weighted by Crippen LogP contribution is -2.12. The molecule has 86 valence electrons. The van der Waals surface area contributed by atoms with Gasteiger partial charge in [-0.2, -0.15) is 5.26 Å². The van der Waals surface area contributed by atoms with E-state index in [1.807, 2.05) is 13.0 Å². The lowest BCUT2D eigenvalue weighted by Gasteiger charge is -2.10. The van der Waals surface area contributed by atoms with Gasteiger partial charge in [0.2, 0.25) is 0 Å². The fourth-order valence-corrected chi connectivity index (χ4v) is 1.31. The number of benzene rings is 1. The third kappa shape index (κ3) is 3.52. The minimum absolute atomic E-state index is 0.302. The molecule has 1 aromatic rings. The largest absolute Gasteiger partial charge is 0.393 e. The van der Waals surface area contributed by atoms with Crippen molar-refractivity contribution in [1.82, 2.24) is 0 Å². The van der Waals surface area contributed by atoms with E-state index in [4.69, 9.17) is 5.26 Å². The summed E-state index contributed by atoms with van der Waals surface area (Å²) in [5.74, 6) is -0.440. The first-order chi connectivity index (χ1) is 7.67. The van der Waals surface area contributed by atoms with E-state index in [-0.39, 0.29) is 6.10 Å². The van der Waals surface area contributed by atoms with Crippen LogP contribution in [0.25, 0.3) is 0 Å². The van der Waals surface area contributed by atoms with Crippen LogP contribution in [0.2, 0.25) is 0 Å². The van der Waals surface area contributed by atoms with Gasteiger partial charge in [-0.1, -0.05) is 6.92 Å². The van der Waals surface area contributed by atoms with Crippen molar-refractivity contribution in [2.45, 2.75) is 25.9 Å². The van der Waals surface area contributed by atoms with E-state index >= 15 is 0 Å². The van der Waals surface area contributed by atoms with Crippen molar-refractivity contribution in [2.24, 2.45) is 0 Å². The van der Waals surface area contributed by atoms with Gasteiger partial charge in [0.05, 0.1) is 23.4 Å². The zero-order chi connectivity index (χ0) is 12.0. The Morgan fingerprint density at radius 3 is 2.88 bits per heavy atom. The number of hydrogen-bond acceptors (Lipinski definition) is 3. The summed E-state index contributed by atoms with van der Waals surface area (Å²) >= 11 is 0. The van der Waals surface area contributed by atoms with Gasteiger partial charge in [0.25, 0.3) is 0 Å². The Labute approximate surface area is 94.5 Å². The second-order valence-electron chi connectivity index (χ2n) is 3.58. The molecule has 4 heteroatoms. The van der Waals surface area contributed by atoms with Gasteiger partial charge in [0, 0.05) is 6.54 Å². The molecule has 3 nitrogen and oxygen atoms in total. The van der Waals surface area contributed by atoms with Crippen LogP contribution >= 0.6 is 0 Å². The summed E-state index contributed by atoms with van der Waals surface area (Å²) in [4.78, 5) is 0. The van der Waals surface area contributed by atoms with Crippen LogP contribution in [0.3, 0.4) is 0 Å². The fourth-order valence-electron chi connectivity index (χ4n) is 1.31. The number of aliphatic hydroxyl groups is 1. The van der Waals surface area contributed by atoms with E-state index in [0.717, 1.165) is 0 Å². The highest BCUT2D eigenvalue weighted by atomic mass is 19.1. The normalized spacial score (nSPS) is 11.9. The number of nitrogens with zero attached hydrogens (tertiary/aromatic N) is 1. The second-order valence-corrected chi connectivity index (χ2v) is 3.58. The Hall–Kier alpha value is -1.60. The molecule has 0 amide bonds. The number of hydrogen-bond donors (Lipinski definition) is 2. The van der Waals surface area contributed by atoms with Gasteiger partial charge in [-0.15, -0.1) is 0 Å². The summed E-state index contributed by atoms with van der Waals surface area (Å²) in [6.45, 7) is 2.41. The van der Waals surface area contributed by atoms with Crippen molar-refractivity contribution in [3.05, 3.63) is 29.6 Å². The Morgan fingerprint density at radius 1 is 1.56 bits per heavy atom. The molecule has 0 heterocycles. The van der Waals surface area contributed by atoms with Crippen molar-refractivity contribution < 1.29 is 9.50 Å². The molecular weight excluding hydrogens is 207 g/mol. The monoisotopic (exact) mass is 222 g/mol. The molecule has 0 aliphatic carbocycles. The predicted octanol–water partition coefficient (Wildman–Crippen LogP) is 2.27. The molecule has 1 rings (SSSR count). The SMILES string of the molecule is CCC(O)CCNc1ccc(C#N)cc1F. The number of nitriles is 1. The summed E-state index contributed by atoms with van der Waals surface area (Å²) in [5, 5.41) is 20.8. The van der Waals surface area contributed by atoms with Crippen LogP contribution in [0.1, 0.15) is 25.3 Å². The maximum Gasteiger partial charge on any atom is 0.147 e. The highest BCUT2D eigenvalue weighted by Gasteiger charge is 2.04. The molecule has 0 saturated carbocycles. The molecule has 0 saturated heterocycles. The zero-order valence-electron chi connectivity index (χ0n) is 9.20. The molecule has 1 unspecified atom stereocenters. The van der Waals surface area contributed by atoms with Gasteiger partial charge in [0.1, 0.15) is 5.82 Å². The summed E-state index contributed by atoms with van der Waals surface area (Å²) in [6, 6.07) is 6.15. The van der Waals surface area contributed by atoms with E-state index in [0.29, 0.717) is 30.6 Å². The van der Waals surface area contributed by atoms with Gasteiger partial charge in [-0.05, 0) is 31.0 Å². The Morgan fingerprint density at radius 2 is 2.31 bits per heavy atom. The molecule has 0 aromatic heterocycles. The number of halogens is 1. The van der Waals surface area contributed by atoms with E-state index < -0.39 is 5.82 Å². The van der Waals surface area contributed by atoms with Crippen LogP contribution in [0.4, 0.5) is 10.1 Å². The zero-order valence-corrected chi connectivity index (χ0v) is 9.20. The van der Waals surface area contributed by atoms with Crippen LogP contribution in [0.5, 0.6) is 0 Å². The highest BCUT2D eigenvalue weighted by molar-refractivity contribution is 5.48. The van der Waals surface area contributed by atoms with Crippen LogP contribution in [0.15, 0.2) is 18.2 Å². The molecule has 2 N–H and O–H groups in total. The van der Waals surface area contributed by atoms with E-state index in [1.54, 1.807) is 6.07 Å². The lowest BCUT2D eigenvalue weighted by atomic mass is 10.2. The van der Waals surface area contributed by atoms with Gasteiger partial charge in [0.15, 0.2) is 0 Å². The fraction of sp³-hybridized carbons (Fsp3) is 0.417. The van der Waals surface area contributed by atoms with E-state index in [1.165, 1.54) is 12.1 Å². The Bertz CT molecular complexity index is 387. The highest BCUT2D eigenvalue weighted by Crippen LogP contribution is 2.15. The van der Waals surface area contributed by atoms with Crippen molar-refractivity contribution in [3.63, 3.8) is 0 Å². The Balaban J connectivity index is 2.52. The van der Waals surface area contributed by atoms with E-state index in [9.17, 15) is 9.50 Å². The first-order valence-electron chi connectivity index (χ1n) is 5.29. The van der Waals surface area contributed by atoms with E-state index in [2.05, 4.69) is 5.32 Å². The number of nitrogens with one attached hydrogen (secondary N) is 1. The summed E-state index contributed by atoms with van der Waals surface area (Å²) in [7, 11) is 0. The average molecular weight is 222 g/mol. The molecule has 0 bridgehead atoms. The first kappa shape index (κ1) is 12.5. The molecule has 0 spiro atoms. The van der Waals surface area contributed by atoms with Gasteiger partial charge in [-0.25, -0.2) is 4.39 Å². The number of rotatable bonds is 5. The van der Waals surface area contributed by atoms with Crippen LogP contribution < -0.4 is 5.32 Å². The standard InChI is InChI=1S/C12H15FN2O/c1-2-10(16)5-6-15-12-4-3-9(8-14)7-11(12)13/h3-4,7,10,15-16H,2,5-6H2,1H3. The molecule has 16 heavy (non-hydrogen) atoms. The van der Waals surface area contributed by atoms with Crippen molar-refractivity contribution in [2.75, 3.05) is 11.9 Å². The van der Waals surface area contributed by atoms with Crippen molar-refractivity contribution in [3.8, 4) is 6.07 Å². The molecular formula is C12H15FN2O. The Kier molecular flexibility index (Phi) is 4.74. The number of aliphatic hydroxyl groups excluding tert-OH is 1. The molecule has 0 aliphatic heterocycles. The first-order valence-corrected chi connectivity index (χ1v) is 5.29. The van der Waals surface area contributed by atoms with Gasteiger partial charge >= 0.3 is 0 Å². The predicted molar refractivity (Wildman–Crippen MR) is 60.5 cm³/mol. The number of anilines is 1. The molecule has 0 aliphatic rings. The summed E-state index contributed by atoms with van der Waals surface area (Å²) < 4.78 is 13.4. The molecule has 0 fully saturated rings. The van der Waals surface area contributed by atoms with Crippen LogP contribution in [-0.2, 0) is 0 Å². The maximum absolute atomic E-state index is 13.4. The minimum Gasteiger partial charge on any atom is -0.393 e. The molecule has 1 aromatic carbocycles. The van der Waals surface area contributed by atoms with Gasteiger partial charge < -0.3 is 10.4 Å². The van der Waals surface area contributed by atoms with Crippen molar-refractivity contribution >= 4 is 5.69 Å². The van der Waals surface area contributed by atoms with Crippen molar-refractivity contribution in [1.29, 1.82) is 5.26 Å². The smallest absolute Gasteiger partial charge is 0.147 e. The molecule has 0 radical (unpaired) electrons. The van der Waals surface area contributed by atoms with Gasteiger partial charge in [-0.3, -0.25) is 0 Å². The third-order valence-corrected chi connectivity index (χ3v) is 2.36.